The Labute approximate surface area is 116 Å². The van der Waals surface area contributed by atoms with Crippen molar-refractivity contribution in [1.29, 1.82) is 0 Å². The van der Waals surface area contributed by atoms with Crippen LogP contribution in [0.2, 0.25) is 5.02 Å². The number of halogens is 2. The molecule has 4 heteroatoms. The van der Waals surface area contributed by atoms with E-state index in [2.05, 4.69) is 0 Å². The Morgan fingerprint density at radius 3 is 2.53 bits per heavy atom. The molecule has 0 fully saturated rings. The minimum Gasteiger partial charge on any atom is -0.309 e. The van der Waals surface area contributed by atoms with Crippen molar-refractivity contribution < 1.29 is 9.18 Å². The highest BCUT2D eigenvalue weighted by atomic mass is 35.5. The molecule has 0 aliphatic carbocycles. The summed E-state index contributed by atoms with van der Waals surface area (Å²) < 4.78 is 13.7. The molecule has 0 aromatic heterocycles. The molecule has 0 atom stereocenters. The van der Waals surface area contributed by atoms with Crippen LogP contribution in [-0.4, -0.2) is 12.5 Å². The Morgan fingerprint density at radius 1 is 1.21 bits per heavy atom. The molecule has 0 aliphatic heterocycles. The third-order valence-electron chi connectivity index (χ3n) is 2.79. The number of benzene rings is 2. The molecule has 0 bridgehead atoms. The van der Waals surface area contributed by atoms with Crippen molar-refractivity contribution in [2.24, 2.45) is 0 Å². The van der Waals surface area contributed by atoms with Gasteiger partial charge in [-0.2, -0.15) is 0 Å². The van der Waals surface area contributed by atoms with E-state index in [1.54, 1.807) is 0 Å². The predicted octanol–water partition coefficient (Wildman–Crippen LogP) is 4.15. The minimum atomic E-state index is -0.566. The third-order valence-corrected chi connectivity index (χ3v) is 3.02. The van der Waals surface area contributed by atoms with Gasteiger partial charge in [0.05, 0.1) is 5.56 Å². The van der Waals surface area contributed by atoms with Crippen LogP contribution in [0.25, 0.3) is 0 Å². The first-order chi connectivity index (χ1) is 9.13. The van der Waals surface area contributed by atoms with Crippen LogP contribution in [0.15, 0.2) is 48.5 Å². The number of hydrogen-bond donors (Lipinski definition) is 0. The molecular formula is C15H13ClFNO. The molecule has 0 heterocycles. The number of para-hydroxylation sites is 1. The smallest absolute Gasteiger partial charge is 0.261 e. The summed E-state index contributed by atoms with van der Waals surface area (Å²) in [4.78, 5) is 13.9. The van der Waals surface area contributed by atoms with E-state index >= 15 is 0 Å². The van der Waals surface area contributed by atoms with E-state index in [-0.39, 0.29) is 5.56 Å². The molecule has 2 aromatic carbocycles. The molecule has 0 N–H and O–H groups in total. The number of carbonyl (C=O) groups excluding carboxylic acids is 1. The summed E-state index contributed by atoms with van der Waals surface area (Å²) in [6, 6.07) is 13.1. The van der Waals surface area contributed by atoms with Gasteiger partial charge < -0.3 is 4.90 Å². The van der Waals surface area contributed by atoms with Crippen LogP contribution in [0, 0.1) is 5.82 Å². The molecular weight excluding hydrogens is 265 g/mol. The number of carbonyl (C=O) groups is 1. The monoisotopic (exact) mass is 277 g/mol. The standard InChI is InChI=1S/C15H13ClFNO/c1-2-18(12-6-4-3-5-7-12)15(19)13-10-11(16)8-9-14(13)17/h3-10H,2H2,1H3. The van der Waals surface area contributed by atoms with Gasteiger partial charge in [-0.05, 0) is 37.3 Å². The molecule has 0 saturated heterocycles. The van der Waals surface area contributed by atoms with Crippen molar-refractivity contribution in [2.45, 2.75) is 6.92 Å². The molecule has 0 radical (unpaired) electrons. The quantitative estimate of drug-likeness (QED) is 0.825. The second-order valence-electron chi connectivity index (χ2n) is 4.01. The van der Waals surface area contributed by atoms with Gasteiger partial charge in [-0.3, -0.25) is 4.79 Å². The zero-order chi connectivity index (χ0) is 13.8. The van der Waals surface area contributed by atoms with Crippen molar-refractivity contribution in [1.82, 2.24) is 0 Å². The van der Waals surface area contributed by atoms with E-state index in [0.717, 1.165) is 5.69 Å². The predicted molar refractivity (Wildman–Crippen MR) is 75.2 cm³/mol. The van der Waals surface area contributed by atoms with E-state index in [0.29, 0.717) is 11.6 Å². The van der Waals surface area contributed by atoms with Crippen molar-refractivity contribution in [2.75, 3.05) is 11.4 Å². The molecule has 0 aliphatic rings. The highest BCUT2D eigenvalue weighted by Gasteiger charge is 2.19. The van der Waals surface area contributed by atoms with Crippen LogP contribution in [0.3, 0.4) is 0 Å². The molecule has 2 nitrogen and oxygen atoms in total. The summed E-state index contributed by atoms with van der Waals surface area (Å²) in [6.07, 6.45) is 0. The number of rotatable bonds is 3. The normalized spacial score (nSPS) is 10.3. The average Bonchev–Trinajstić information content (AvgIpc) is 2.43. The van der Waals surface area contributed by atoms with Crippen LogP contribution < -0.4 is 4.90 Å². The van der Waals surface area contributed by atoms with Gasteiger partial charge in [0.2, 0.25) is 0 Å². The van der Waals surface area contributed by atoms with E-state index in [1.807, 2.05) is 37.3 Å². The summed E-state index contributed by atoms with van der Waals surface area (Å²) >= 11 is 5.82. The Balaban J connectivity index is 2.39. The lowest BCUT2D eigenvalue weighted by atomic mass is 10.1. The summed E-state index contributed by atoms with van der Waals surface area (Å²) in [5.74, 6) is -0.961. The fourth-order valence-corrected chi connectivity index (χ4v) is 2.03. The first kappa shape index (κ1) is 13.6. The lowest BCUT2D eigenvalue weighted by Crippen LogP contribution is -2.31. The number of anilines is 1. The van der Waals surface area contributed by atoms with Gasteiger partial charge in [0.25, 0.3) is 5.91 Å². The molecule has 2 aromatic rings. The maximum absolute atomic E-state index is 13.7. The summed E-state index contributed by atoms with van der Waals surface area (Å²) in [7, 11) is 0. The van der Waals surface area contributed by atoms with Crippen molar-refractivity contribution in [3.63, 3.8) is 0 Å². The second kappa shape index (κ2) is 5.85. The van der Waals surface area contributed by atoms with Gasteiger partial charge in [0.15, 0.2) is 0 Å². The van der Waals surface area contributed by atoms with Crippen molar-refractivity contribution in [3.8, 4) is 0 Å². The Morgan fingerprint density at radius 2 is 1.89 bits per heavy atom. The van der Waals surface area contributed by atoms with Gasteiger partial charge in [0, 0.05) is 17.3 Å². The Kier molecular flexibility index (Phi) is 4.17. The van der Waals surface area contributed by atoms with Crippen LogP contribution in [0.1, 0.15) is 17.3 Å². The summed E-state index contributed by atoms with van der Waals surface area (Å²) in [5, 5.41) is 0.342. The number of amides is 1. The van der Waals surface area contributed by atoms with E-state index in [4.69, 9.17) is 11.6 Å². The van der Waals surface area contributed by atoms with E-state index < -0.39 is 11.7 Å². The Bertz CT molecular complexity index is 586. The first-order valence-electron chi connectivity index (χ1n) is 5.95. The molecule has 0 unspecified atom stereocenters. The van der Waals surface area contributed by atoms with Crippen LogP contribution in [0.5, 0.6) is 0 Å². The van der Waals surface area contributed by atoms with E-state index in [1.165, 1.54) is 23.1 Å². The maximum atomic E-state index is 13.7. The van der Waals surface area contributed by atoms with Crippen LogP contribution in [-0.2, 0) is 0 Å². The van der Waals surface area contributed by atoms with Gasteiger partial charge in [-0.1, -0.05) is 29.8 Å². The highest BCUT2D eigenvalue weighted by molar-refractivity contribution is 6.31. The molecule has 98 valence electrons. The van der Waals surface area contributed by atoms with Gasteiger partial charge in [0.1, 0.15) is 5.82 Å². The van der Waals surface area contributed by atoms with Crippen molar-refractivity contribution >= 4 is 23.2 Å². The summed E-state index contributed by atoms with van der Waals surface area (Å²) in [5.41, 5.74) is 0.715. The fourth-order valence-electron chi connectivity index (χ4n) is 1.86. The second-order valence-corrected chi connectivity index (χ2v) is 4.45. The lowest BCUT2D eigenvalue weighted by molar-refractivity contribution is 0.0984. The fraction of sp³-hybridized carbons (Fsp3) is 0.133. The molecule has 0 spiro atoms. The SMILES string of the molecule is CCN(C(=O)c1cc(Cl)ccc1F)c1ccccc1. The lowest BCUT2D eigenvalue weighted by Gasteiger charge is -2.21. The largest absolute Gasteiger partial charge is 0.309 e. The third kappa shape index (κ3) is 2.93. The zero-order valence-corrected chi connectivity index (χ0v) is 11.2. The zero-order valence-electron chi connectivity index (χ0n) is 10.4. The molecule has 2 rings (SSSR count). The minimum absolute atomic E-state index is 0.0156. The Hall–Kier alpha value is -1.87. The van der Waals surface area contributed by atoms with E-state index in [9.17, 15) is 9.18 Å². The molecule has 1 amide bonds. The summed E-state index contributed by atoms with van der Waals surface area (Å²) in [6.45, 7) is 2.29. The van der Waals surface area contributed by atoms with Gasteiger partial charge in [-0.25, -0.2) is 4.39 Å². The van der Waals surface area contributed by atoms with Crippen LogP contribution >= 0.6 is 11.6 Å². The number of nitrogens with zero attached hydrogens (tertiary/aromatic N) is 1. The van der Waals surface area contributed by atoms with Crippen LogP contribution in [0.4, 0.5) is 10.1 Å². The highest BCUT2D eigenvalue weighted by Crippen LogP contribution is 2.20. The van der Waals surface area contributed by atoms with Gasteiger partial charge >= 0.3 is 0 Å². The first-order valence-corrected chi connectivity index (χ1v) is 6.33. The molecule has 0 saturated carbocycles. The van der Waals surface area contributed by atoms with Crippen molar-refractivity contribution in [3.05, 3.63) is 64.9 Å². The maximum Gasteiger partial charge on any atom is 0.261 e. The molecule has 19 heavy (non-hydrogen) atoms. The number of hydrogen-bond acceptors (Lipinski definition) is 1. The topological polar surface area (TPSA) is 20.3 Å². The average molecular weight is 278 g/mol. The van der Waals surface area contributed by atoms with Gasteiger partial charge in [-0.15, -0.1) is 0 Å².